The van der Waals surface area contributed by atoms with Gasteiger partial charge in [-0.15, -0.1) is 0 Å². The lowest BCUT2D eigenvalue weighted by atomic mass is 10.2. The maximum absolute atomic E-state index is 4.78. The second-order valence-electron chi connectivity index (χ2n) is 8.26. The molecule has 1 aliphatic rings. The average molecular weight is 435 g/mol. The third-order valence-corrected chi connectivity index (χ3v) is 5.56. The number of rotatable bonds is 2. The number of aromatic nitrogens is 4. The summed E-state index contributed by atoms with van der Waals surface area (Å²) in [5.74, 6) is 0. The third-order valence-electron chi connectivity index (χ3n) is 5.56. The number of fused-ring (bicyclic) bond motifs is 4. The fourth-order valence-electron chi connectivity index (χ4n) is 3.94. The van der Waals surface area contributed by atoms with Gasteiger partial charge in [-0.25, -0.2) is 4.98 Å². The molecule has 4 N–H and O–H groups in total. The summed E-state index contributed by atoms with van der Waals surface area (Å²) in [5, 5.41) is 10.6. The smallest absolute Gasteiger partial charge is 0.0922 e. The zero-order valence-electron chi connectivity index (χ0n) is 18.7. The van der Waals surface area contributed by atoms with Gasteiger partial charge in [0.05, 0.1) is 29.1 Å². The molecular formula is C24H34N8. The monoisotopic (exact) mass is 434 g/mol. The Hall–Kier alpha value is -2.65. The van der Waals surface area contributed by atoms with Gasteiger partial charge in [0.2, 0.25) is 0 Å². The lowest BCUT2D eigenvalue weighted by molar-refractivity contribution is 0.254. The second kappa shape index (κ2) is 12.4. The molecular weight excluding hydrogens is 400 g/mol. The van der Waals surface area contributed by atoms with Crippen LogP contribution in [0.25, 0.3) is 0 Å². The average Bonchev–Trinajstić information content (AvgIpc) is 3.32. The number of aromatic amines is 1. The molecule has 4 heterocycles. The van der Waals surface area contributed by atoms with E-state index in [1.165, 1.54) is 0 Å². The molecule has 3 aromatic rings. The summed E-state index contributed by atoms with van der Waals surface area (Å²) in [4.78, 5) is 19.5. The minimum Gasteiger partial charge on any atom is -0.347 e. The molecule has 0 unspecified atom stereocenters. The Morgan fingerprint density at radius 1 is 0.719 bits per heavy atom. The van der Waals surface area contributed by atoms with Crippen LogP contribution in [0.15, 0.2) is 48.9 Å². The van der Waals surface area contributed by atoms with Crippen LogP contribution in [0.4, 0.5) is 0 Å². The summed E-state index contributed by atoms with van der Waals surface area (Å²) >= 11 is 0. The molecule has 0 saturated heterocycles. The normalized spacial score (nSPS) is 17.6. The van der Waals surface area contributed by atoms with Crippen molar-refractivity contribution in [1.29, 1.82) is 0 Å². The van der Waals surface area contributed by atoms with Gasteiger partial charge in [0.25, 0.3) is 0 Å². The van der Waals surface area contributed by atoms with Crippen molar-refractivity contribution in [2.45, 2.75) is 45.6 Å². The van der Waals surface area contributed by atoms with Gasteiger partial charge in [0.15, 0.2) is 0 Å². The van der Waals surface area contributed by atoms with E-state index in [1.54, 1.807) is 6.33 Å². The SMILES string of the molecule is c1cc2nc(c1)CNCc1cccc(n1)CNCCCN(Cc1cnc[nH]1)CCCNC2. The number of nitrogens with zero attached hydrogens (tertiary/aromatic N) is 4. The van der Waals surface area contributed by atoms with Crippen molar-refractivity contribution in [3.63, 3.8) is 0 Å². The predicted molar refractivity (Wildman–Crippen MR) is 126 cm³/mol. The summed E-state index contributed by atoms with van der Waals surface area (Å²) in [6.07, 6.45) is 5.86. The van der Waals surface area contributed by atoms with E-state index in [9.17, 15) is 0 Å². The topological polar surface area (TPSA) is 93.8 Å². The minimum absolute atomic E-state index is 0.737. The van der Waals surface area contributed by atoms with Crippen molar-refractivity contribution < 1.29 is 0 Å². The fourth-order valence-corrected chi connectivity index (χ4v) is 3.94. The molecule has 170 valence electrons. The maximum Gasteiger partial charge on any atom is 0.0922 e. The number of H-pyrrole nitrogens is 1. The van der Waals surface area contributed by atoms with Crippen molar-refractivity contribution >= 4 is 0 Å². The van der Waals surface area contributed by atoms with Crippen LogP contribution in [0.2, 0.25) is 0 Å². The molecule has 0 aliphatic carbocycles. The highest BCUT2D eigenvalue weighted by Gasteiger charge is 2.08. The minimum atomic E-state index is 0.737. The van der Waals surface area contributed by atoms with Crippen molar-refractivity contribution in [2.24, 2.45) is 0 Å². The number of nitrogens with one attached hydrogen (secondary N) is 4. The summed E-state index contributed by atoms with van der Waals surface area (Å²) < 4.78 is 0. The number of imidazole rings is 1. The van der Waals surface area contributed by atoms with Crippen molar-refractivity contribution in [2.75, 3.05) is 26.2 Å². The van der Waals surface area contributed by atoms with E-state index in [4.69, 9.17) is 9.97 Å². The largest absolute Gasteiger partial charge is 0.347 e. The maximum atomic E-state index is 4.78. The third kappa shape index (κ3) is 7.49. The van der Waals surface area contributed by atoms with E-state index in [-0.39, 0.29) is 0 Å². The molecule has 0 aromatic carbocycles. The molecule has 0 atom stereocenters. The van der Waals surface area contributed by atoms with E-state index < -0.39 is 0 Å². The van der Waals surface area contributed by atoms with Crippen LogP contribution in [0, 0.1) is 0 Å². The van der Waals surface area contributed by atoms with E-state index in [0.717, 1.165) is 100 Å². The van der Waals surface area contributed by atoms with Crippen LogP contribution in [-0.2, 0) is 32.7 Å². The highest BCUT2D eigenvalue weighted by Crippen LogP contribution is 2.05. The van der Waals surface area contributed by atoms with Gasteiger partial charge in [-0.3, -0.25) is 14.9 Å². The molecule has 0 fully saturated rings. The zero-order chi connectivity index (χ0) is 21.8. The first-order valence-electron chi connectivity index (χ1n) is 11.6. The molecule has 4 bridgehead atoms. The first kappa shape index (κ1) is 22.5. The molecule has 32 heavy (non-hydrogen) atoms. The summed E-state index contributed by atoms with van der Waals surface area (Å²) in [6, 6.07) is 12.5. The van der Waals surface area contributed by atoms with Crippen LogP contribution in [0.5, 0.6) is 0 Å². The Labute approximate surface area is 190 Å². The van der Waals surface area contributed by atoms with Crippen LogP contribution in [0.3, 0.4) is 0 Å². The molecule has 0 radical (unpaired) electrons. The highest BCUT2D eigenvalue weighted by molar-refractivity contribution is 5.13. The van der Waals surface area contributed by atoms with Gasteiger partial charge in [-0.2, -0.15) is 0 Å². The molecule has 0 amide bonds. The lowest BCUT2D eigenvalue weighted by Crippen LogP contribution is -2.30. The fraction of sp³-hybridized carbons (Fsp3) is 0.458. The van der Waals surface area contributed by atoms with Gasteiger partial charge >= 0.3 is 0 Å². The summed E-state index contributed by atoms with van der Waals surface area (Å²) in [5.41, 5.74) is 5.44. The van der Waals surface area contributed by atoms with Crippen molar-refractivity contribution in [3.8, 4) is 0 Å². The summed E-state index contributed by atoms with van der Waals surface area (Å²) in [7, 11) is 0. The quantitative estimate of drug-likeness (QED) is 0.490. The molecule has 0 spiro atoms. The standard InChI is InChI=1S/C24H34N8/c1-5-20-13-25-9-3-11-32(18-24-17-28-19-29-24)12-4-10-26-14-21-6-2-8-23(31-21)16-27-15-22(7-1)30-20/h1-2,5-8,17,19,25-27H,3-4,9-16,18H2,(H,28,29). The zero-order valence-corrected chi connectivity index (χ0v) is 18.7. The predicted octanol–water partition coefficient (Wildman–Crippen LogP) is 1.96. The Kier molecular flexibility index (Phi) is 8.74. The number of pyridine rings is 2. The Morgan fingerprint density at radius 2 is 1.25 bits per heavy atom. The Balaban J connectivity index is 1.38. The first-order chi connectivity index (χ1) is 15.8. The van der Waals surface area contributed by atoms with Crippen molar-refractivity contribution in [1.82, 2.24) is 40.8 Å². The van der Waals surface area contributed by atoms with Crippen LogP contribution < -0.4 is 16.0 Å². The second-order valence-corrected chi connectivity index (χ2v) is 8.26. The Morgan fingerprint density at radius 3 is 1.75 bits per heavy atom. The Bertz CT molecular complexity index is 870. The van der Waals surface area contributed by atoms with Crippen LogP contribution >= 0.6 is 0 Å². The van der Waals surface area contributed by atoms with E-state index >= 15 is 0 Å². The van der Waals surface area contributed by atoms with Crippen LogP contribution in [0.1, 0.15) is 41.3 Å². The van der Waals surface area contributed by atoms with Gasteiger partial charge in [-0.1, -0.05) is 12.1 Å². The first-order valence-corrected chi connectivity index (χ1v) is 11.6. The lowest BCUT2D eigenvalue weighted by Gasteiger charge is -2.22. The van der Waals surface area contributed by atoms with E-state index in [1.807, 2.05) is 6.20 Å². The van der Waals surface area contributed by atoms with Gasteiger partial charge in [0, 0.05) is 44.6 Å². The van der Waals surface area contributed by atoms with Gasteiger partial charge in [-0.05, 0) is 63.3 Å². The van der Waals surface area contributed by atoms with Crippen molar-refractivity contribution in [3.05, 3.63) is 77.4 Å². The van der Waals surface area contributed by atoms with E-state index in [2.05, 4.69) is 67.2 Å². The van der Waals surface area contributed by atoms with Gasteiger partial charge in [0.1, 0.15) is 0 Å². The molecule has 4 rings (SSSR count). The van der Waals surface area contributed by atoms with Crippen LogP contribution in [-0.4, -0.2) is 51.0 Å². The molecule has 8 heteroatoms. The molecule has 8 nitrogen and oxygen atoms in total. The highest BCUT2D eigenvalue weighted by atomic mass is 15.1. The summed E-state index contributed by atoms with van der Waals surface area (Å²) in [6.45, 7) is 8.01. The van der Waals surface area contributed by atoms with E-state index in [0.29, 0.717) is 0 Å². The number of hydrogen-bond donors (Lipinski definition) is 4. The molecule has 0 saturated carbocycles. The molecule has 3 aromatic heterocycles. The molecule has 1 aliphatic heterocycles. The number of hydrogen-bond acceptors (Lipinski definition) is 7. The van der Waals surface area contributed by atoms with Gasteiger partial charge < -0.3 is 20.9 Å².